The number of ether oxygens (including phenoxy) is 1. The Hall–Kier alpha value is -0.910. The van der Waals surface area contributed by atoms with Gasteiger partial charge < -0.3 is 14.9 Å². The highest BCUT2D eigenvalue weighted by molar-refractivity contribution is 9.10. The van der Waals surface area contributed by atoms with Crippen molar-refractivity contribution in [3.63, 3.8) is 0 Å². The van der Waals surface area contributed by atoms with E-state index in [1.807, 2.05) is 0 Å². The normalized spacial score (nSPS) is 12.4. The van der Waals surface area contributed by atoms with E-state index < -0.39 is 18.7 Å². The minimum absolute atomic E-state index is 0.0199. The molecule has 0 aliphatic rings. The summed E-state index contributed by atoms with van der Waals surface area (Å²) < 4.78 is 5.70. The monoisotopic (exact) mass is 274 g/mol. The van der Waals surface area contributed by atoms with Crippen LogP contribution < -0.4 is 0 Å². The van der Waals surface area contributed by atoms with E-state index >= 15 is 0 Å². The predicted octanol–water partition coefficient (Wildman–Crippen LogP) is 1.58. The van der Waals surface area contributed by atoms with Crippen molar-refractivity contribution in [1.29, 1.82) is 0 Å². The molecule has 0 saturated carbocycles. The molecule has 4 nitrogen and oxygen atoms in total. The van der Waals surface area contributed by atoms with E-state index in [9.17, 15) is 9.90 Å². The summed E-state index contributed by atoms with van der Waals surface area (Å²) in [6.07, 6.45) is -0.794. The quantitative estimate of drug-likeness (QED) is 0.856. The maximum atomic E-state index is 10.1. The van der Waals surface area contributed by atoms with Gasteiger partial charge in [0.2, 0.25) is 0 Å². The molecule has 1 rings (SSSR count). The number of benzene rings is 1. The number of halogens is 1. The van der Waals surface area contributed by atoms with Gasteiger partial charge in [-0.2, -0.15) is 0 Å². The second-order valence-electron chi connectivity index (χ2n) is 2.98. The van der Waals surface area contributed by atoms with Crippen LogP contribution in [0.15, 0.2) is 28.7 Å². The molecule has 2 N–H and O–H groups in total. The van der Waals surface area contributed by atoms with Crippen LogP contribution in [-0.2, 0) is 9.53 Å². The van der Waals surface area contributed by atoms with E-state index in [4.69, 9.17) is 9.84 Å². The number of aliphatic hydroxyl groups is 1. The Kier molecular flexibility index (Phi) is 4.74. The summed E-state index contributed by atoms with van der Waals surface area (Å²) in [5.74, 6) is -1.04. The summed E-state index contributed by atoms with van der Waals surface area (Å²) in [7, 11) is 0. The van der Waals surface area contributed by atoms with Crippen molar-refractivity contribution >= 4 is 21.9 Å². The fraction of sp³-hybridized carbons (Fsp3) is 0.300. The number of carboxylic acid groups (broad SMARTS) is 1. The zero-order valence-electron chi connectivity index (χ0n) is 7.89. The lowest BCUT2D eigenvalue weighted by atomic mass is 10.1. The first kappa shape index (κ1) is 12.2. The summed E-state index contributed by atoms with van der Waals surface area (Å²) in [4.78, 5) is 10.1. The SMILES string of the molecule is O=C(O)COCC(O)c1ccc(Br)cc1. The largest absolute Gasteiger partial charge is 0.480 e. The van der Waals surface area contributed by atoms with Crippen LogP contribution in [0.3, 0.4) is 0 Å². The van der Waals surface area contributed by atoms with Crippen LogP contribution in [0.5, 0.6) is 0 Å². The van der Waals surface area contributed by atoms with Gasteiger partial charge in [0.25, 0.3) is 0 Å². The topological polar surface area (TPSA) is 66.8 Å². The van der Waals surface area contributed by atoms with Crippen molar-refractivity contribution in [2.75, 3.05) is 13.2 Å². The Bertz CT molecular complexity index is 323. The van der Waals surface area contributed by atoms with E-state index in [0.717, 1.165) is 4.47 Å². The predicted molar refractivity (Wildman–Crippen MR) is 57.6 cm³/mol. The lowest BCUT2D eigenvalue weighted by Gasteiger charge is -2.10. The zero-order chi connectivity index (χ0) is 11.3. The summed E-state index contributed by atoms with van der Waals surface area (Å²) in [6.45, 7) is -0.415. The van der Waals surface area contributed by atoms with Gasteiger partial charge in [-0.05, 0) is 17.7 Å². The number of hydrogen-bond donors (Lipinski definition) is 2. The first-order valence-corrected chi connectivity index (χ1v) is 5.12. The zero-order valence-corrected chi connectivity index (χ0v) is 9.48. The van der Waals surface area contributed by atoms with Crippen LogP contribution in [0.1, 0.15) is 11.7 Å². The number of carbonyl (C=O) groups is 1. The highest BCUT2D eigenvalue weighted by Crippen LogP contribution is 2.16. The van der Waals surface area contributed by atoms with Crippen LogP contribution in [0.2, 0.25) is 0 Å². The number of aliphatic carboxylic acids is 1. The molecule has 0 fully saturated rings. The molecule has 0 aliphatic carbocycles. The van der Waals surface area contributed by atoms with Crippen LogP contribution in [0.4, 0.5) is 0 Å². The van der Waals surface area contributed by atoms with Crippen molar-refractivity contribution in [3.05, 3.63) is 34.3 Å². The summed E-state index contributed by atoms with van der Waals surface area (Å²) in [5.41, 5.74) is 0.698. The van der Waals surface area contributed by atoms with Crippen molar-refractivity contribution in [3.8, 4) is 0 Å². The Labute approximate surface area is 95.6 Å². The third-order valence-electron chi connectivity index (χ3n) is 1.76. The van der Waals surface area contributed by atoms with Crippen LogP contribution in [0, 0.1) is 0 Å². The average molecular weight is 275 g/mol. The van der Waals surface area contributed by atoms with E-state index in [1.165, 1.54) is 0 Å². The number of hydrogen-bond acceptors (Lipinski definition) is 3. The van der Waals surface area contributed by atoms with Crippen molar-refractivity contribution < 1.29 is 19.7 Å². The van der Waals surface area contributed by atoms with E-state index in [1.54, 1.807) is 24.3 Å². The molecule has 0 bridgehead atoms. The molecule has 82 valence electrons. The van der Waals surface area contributed by atoms with Crippen molar-refractivity contribution in [1.82, 2.24) is 0 Å². The second-order valence-corrected chi connectivity index (χ2v) is 3.89. The smallest absolute Gasteiger partial charge is 0.329 e. The minimum atomic E-state index is -1.04. The first-order valence-electron chi connectivity index (χ1n) is 4.32. The molecular weight excluding hydrogens is 264 g/mol. The Balaban J connectivity index is 2.43. The van der Waals surface area contributed by atoms with Crippen LogP contribution in [-0.4, -0.2) is 29.4 Å². The highest BCUT2D eigenvalue weighted by Gasteiger charge is 2.08. The molecule has 0 aromatic heterocycles. The van der Waals surface area contributed by atoms with Gasteiger partial charge in [0.15, 0.2) is 0 Å². The molecule has 0 heterocycles. The molecule has 0 amide bonds. The molecule has 15 heavy (non-hydrogen) atoms. The van der Waals surface area contributed by atoms with E-state index in [0.29, 0.717) is 5.56 Å². The molecular formula is C10H11BrO4. The van der Waals surface area contributed by atoms with Crippen molar-refractivity contribution in [2.24, 2.45) is 0 Å². The third kappa shape index (κ3) is 4.42. The summed E-state index contributed by atoms with van der Waals surface area (Å²) in [6, 6.07) is 7.10. The molecule has 1 atom stereocenters. The molecule has 1 unspecified atom stereocenters. The standard InChI is InChI=1S/C10H11BrO4/c11-8-3-1-7(2-4-8)9(12)5-15-6-10(13)14/h1-4,9,12H,5-6H2,(H,13,14). The molecule has 5 heteroatoms. The molecule has 0 radical (unpaired) electrons. The summed E-state index contributed by atoms with van der Waals surface area (Å²) in [5, 5.41) is 17.9. The third-order valence-corrected chi connectivity index (χ3v) is 2.28. The maximum absolute atomic E-state index is 10.1. The van der Waals surface area contributed by atoms with Gasteiger partial charge in [0, 0.05) is 4.47 Å². The highest BCUT2D eigenvalue weighted by atomic mass is 79.9. The molecule has 0 saturated heterocycles. The number of aliphatic hydroxyl groups excluding tert-OH is 1. The van der Waals surface area contributed by atoms with Gasteiger partial charge >= 0.3 is 5.97 Å². The van der Waals surface area contributed by atoms with Gasteiger partial charge in [-0.15, -0.1) is 0 Å². The van der Waals surface area contributed by atoms with Crippen LogP contribution >= 0.6 is 15.9 Å². The fourth-order valence-corrected chi connectivity index (χ4v) is 1.30. The Morgan fingerprint density at radius 2 is 2.00 bits per heavy atom. The average Bonchev–Trinajstić information content (AvgIpc) is 2.18. The van der Waals surface area contributed by atoms with Gasteiger partial charge in [0.05, 0.1) is 6.61 Å². The van der Waals surface area contributed by atoms with Gasteiger partial charge in [-0.3, -0.25) is 0 Å². The van der Waals surface area contributed by atoms with E-state index in [-0.39, 0.29) is 6.61 Å². The lowest BCUT2D eigenvalue weighted by Crippen LogP contribution is -2.12. The number of carboxylic acids is 1. The van der Waals surface area contributed by atoms with Gasteiger partial charge in [-0.1, -0.05) is 28.1 Å². The molecule has 1 aromatic carbocycles. The Morgan fingerprint density at radius 3 is 2.53 bits per heavy atom. The molecule has 0 aliphatic heterocycles. The fourth-order valence-electron chi connectivity index (χ4n) is 1.04. The Morgan fingerprint density at radius 1 is 1.40 bits per heavy atom. The van der Waals surface area contributed by atoms with Gasteiger partial charge in [0.1, 0.15) is 12.7 Å². The molecule has 0 spiro atoms. The minimum Gasteiger partial charge on any atom is -0.480 e. The second kappa shape index (κ2) is 5.85. The van der Waals surface area contributed by atoms with E-state index in [2.05, 4.69) is 15.9 Å². The summed E-state index contributed by atoms with van der Waals surface area (Å²) >= 11 is 3.28. The maximum Gasteiger partial charge on any atom is 0.329 e. The lowest BCUT2D eigenvalue weighted by molar-refractivity contribution is -0.143. The number of rotatable bonds is 5. The first-order chi connectivity index (χ1) is 7.09. The van der Waals surface area contributed by atoms with Crippen LogP contribution in [0.25, 0.3) is 0 Å². The van der Waals surface area contributed by atoms with Crippen molar-refractivity contribution in [2.45, 2.75) is 6.10 Å². The molecule has 1 aromatic rings. The van der Waals surface area contributed by atoms with Gasteiger partial charge in [-0.25, -0.2) is 4.79 Å².